The number of ether oxygens (including phenoxy) is 1. The normalized spacial score (nSPS) is 15.4. The summed E-state index contributed by atoms with van der Waals surface area (Å²) in [6, 6.07) is 24.4. The fourth-order valence-electron chi connectivity index (χ4n) is 3.49. The molecule has 148 valence electrons. The van der Waals surface area contributed by atoms with Crippen LogP contribution in [0, 0.1) is 0 Å². The van der Waals surface area contributed by atoms with E-state index >= 15 is 0 Å². The number of amides is 1. The molecule has 3 aromatic carbocycles. The molecule has 3 aromatic rings. The van der Waals surface area contributed by atoms with Crippen molar-refractivity contribution in [1.29, 1.82) is 0 Å². The van der Waals surface area contributed by atoms with E-state index in [0.717, 1.165) is 13.0 Å². The quantitative estimate of drug-likeness (QED) is 0.480. The summed E-state index contributed by atoms with van der Waals surface area (Å²) in [6.45, 7) is 4.67. The minimum atomic E-state index is 0.0221. The molecule has 1 heterocycles. The largest absolute Gasteiger partial charge is 0.489 e. The molecule has 0 radical (unpaired) electrons. The summed E-state index contributed by atoms with van der Waals surface area (Å²) in [7, 11) is 0. The van der Waals surface area contributed by atoms with Gasteiger partial charge in [0.2, 0.25) is 0 Å². The summed E-state index contributed by atoms with van der Waals surface area (Å²) in [4.78, 5) is 14.6. The van der Waals surface area contributed by atoms with Gasteiger partial charge in [-0.05, 0) is 55.2 Å². The molecule has 0 bridgehead atoms. The average molecular weight is 406 g/mol. The maximum Gasteiger partial charge on any atom is 0.254 e. The third kappa shape index (κ3) is 4.63. The lowest BCUT2D eigenvalue weighted by Gasteiger charge is -2.12. The number of benzene rings is 3. The van der Waals surface area contributed by atoms with Crippen molar-refractivity contribution < 1.29 is 9.53 Å². The van der Waals surface area contributed by atoms with Gasteiger partial charge in [0.25, 0.3) is 5.91 Å². The van der Waals surface area contributed by atoms with Crippen molar-refractivity contribution in [3.05, 3.63) is 88.9 Å². The third-order valence-electron chi connectivity index (χ3n) is 5.05. The van der Waals surface area contributed by atoms with Crippen molar-refractivity contribution >= 4 is 17.5 Å². The molecule has 0 N–H and O–H groups in total. The van der Waals surface area contributed by atoms with Gasteiger partial charge in [0, 0.05) is 12.1 Å². The van der Waals surface area contributed by atoms with Gasteiger partial charge in [0.05, 0.1) is 17.2 Å². The lowest BCUT2D eigenvalue weighted by molar-refractivity contribution is 0.0874. The maximum atomic E-state index is 12.8. The number of hydrogen-bond donors (Lipinski definition) is 0. The van der Waals surface area contributed by atoms with Crippen LogP contribution in [-0.4, -0.2) is 29.5 Å². The predicted molar refractivity (Wildman–Crippen MR) is 118 cm³/mol. The van der Waals surface area contributed by atoms with Crippen molar-refractivity contribution in [2.75, 3.05) is 6.54 Å². The number of hydrogen-bond acceptors (Lipinski definition) is 2. The highest BCUT2D eigenvalue weighted by Crippen LogP contribution is 2.30. The van der Waals surface area contributed by atoms with Crippen molar-refractivity contribution in [2.24, 2.45) is 0 Å². The van der Waals surface area contributed by atoms with Crippen LogP contribution in [0.5, 0.6) is 5.75 Å². The van der Waals surface area contributed by atoms with Gasteiger partial charge in [-0.1, -0.05) is 66.2 Å². The molecular formula is C25H24ClNO2. The van der Waals surface area contributed by atoms with Gasteiger partial charge in [-0.2, -0.15) is 0 Å². The first-order chi connectivity index (χ1) is 14.0. The Kier molecular flexibility index (Phi) is 5.59. The van der Waals surface area contributed by atoms with Crippen LogP contribution in [0.3, 0.4) is 0 Å². The molecule has 0 saturated carbocycles. The summed E-state index contributed by atoms with van der Waals surface area (Å²) in [5, 5.41) is 0.472. The first-order valence-electron chi connectivity index (χ1n) is 9.93. The average Bonchev–Trinajstić information content (AvgIpc) is 3.49. The van der Waals surface area contributed by atoms with E-state index in [9.17, 15) is 4.79 Å². The lowest BCUT2D eigenvalue weighted by atomic mass is 10.0. The predicted octanol–water partition coefficient (Wildman–Crippen LogP) is 5.86. The summed E-state index contributed by atoms with van der Waals surface area (Å²) in [5.74, 6) is 0.632. The zero-order chi connectivity index (χ0) is 20.4. The Morgan fingerprint density at radius 3 is 2.38 bits per heavy atom. The zero-order valence-corrected chi connectivity index (χ0v) is 17.4. The Hall–Kier alpha value is -2.78. The van der Waals surface area contributed by atoms with Crippen LogP contribution in [0.4, 0.5) is 0 Å². The van der Waals surface area contributed by atoms with Crippen LogP contribution >= 0.6 is 11.6 Å². The fourth-order valence-corrected chi connectivity index (χ4v) is 3.71. The molecule has 1 amide bonds. The molecule has 0 aliphatic carbocycles. The molecule has 4 heteroatoms. The van der Waals surface area contributed by atoms with E-state index in [4.69, 9.17) is 16.3 Å². The van der Waals surface area contributed by atoms with E-state index in [0.29, 0.717) is 16.3 Å². The molecule has 1 unspecified atom stereocenters. The van der Waals surface area contributed by atoms with Crippen molar-refractivity contribution in [3.8, 4) is 16.9 Å². The summed E-state index contributed by atoms with van der Waals surface area (Å²) < 4.78 is 5.64. The van der Waals surface area contributed by atoms with Crippen molar-refractivity contribution in [2.45, 2.75) is 32.4 Å². The molecular weight excluding hydrogens is 382 g/mol. The summed E-state index contributed by atoms with van der Waals surface area (Å²) in [6.07, 6.45) is 0.905. The minimum absolute atomic E-state index is 0.0221. The SMILES string of the molecule is CC(C)Oc1ccc(C(=O)N2CC2Cc2ccc(-c3ccccc3)cc2)cc1Cl. The number of halogens is 1. The van der Waals surface area contributed by atoms with Gasteiger partial charge in [-0.25, -0.2) is 0 Å². The van der Waals surface area contributed by atoms with Crippen molar-refractivity contribution in [3.63, 3.8) is 0 Å². The van der Waals surface area contributed by atoms with Crippen molar-refractivity contribution in [1.82, 2.24) is 4.90 Å². The summed E-state index contributed by atoms with van der Waals surface area (Å²) >= 11 is 6.28. The maximum absolute atomic E-state index is 12.8. The van der Waals surface area contributed by atoms with Crippen LogP contribution in [0.1, 0.15) is 29.8 Å². The fraction of sp³-hybridized carbons (Fsp3) is 0.240. The third-order valence-corrected chi connectivity index (χ3v) is 5.34. The molecule has 3 nitrogen and oxygen atoms in total. The van der Waals surface area contributed by atoms with E-state index in [1.807, 2.05) is 36.9 Å². The topological polar surface area (TPSA) is 29.3 Å². The van der Waals surface area contributed by atoms with E-state index < -0.39 is 0 Å². The highest BCUT2D eigenvalue weighted by Gasteiger charge is 2.38. The van der Waals surface area contributed by atoms with Gasteiger partial charge >= 0.3 is 0 Å². The molecule has 1 atom stereocenters. The second-order valence-corrected chi connectivity index (χ2v) is 8.10. The number of rotatable bonds is 6. The molecule has 1 aliphatic heterocycles. The zero-order valence-electron chi connectivity index (χ0n) is 16.6. The standard InChI is InChI=1S/C25H24ClNO2/c1-17(2)29-24-13-12-21(15-23(24)26)25(28)27-16-22(27)14-18-8-10-20(11-9-18)19-6-4-3-5-7-19/h3-13,15,17,22H,14,16H2,1-2H3. The van der Waals surface area contributed by atoms with E-state index in [-0.39, 0.29) is 18.1 Å². The second kappa shape index (κ2) is 8.30. The van der Waals surface area contributed by atoms with Gasteiger partial charge in [-0.3, -0.25) is 4.79 Å². The lowest BCUT2D eigenvalue weighted by Crippen LogP contribution is -2.15. The summed E-state index contributed by atoms with van der Waals surface area (Å²) in [5.41, 5.74) is 4.26. The molecule has 0 spiro atoms. The molecule has 1 aliphatic rings. The number of nitrogens with zero attached hydrogens (tertiary/aromatic N) is 1. The van der Waals surface area contributed by atoms with Crippen LogP contribution in [0.15, 0.2) is 72.8 Å². The molecule has 1 fully saturated rings. The monoisotopic (exact) mass is 405 g/mol. The first kappa shape index (κ1) is 19.5. The molecule has 0 aromatic heterocycles. The van der Waals surface area contributed by atoms with Gasteiger partial charge in [0.15, 0.2) is 0 Å². The van der Waals surface area contributed by atoms with Crippen LogP contribution in [0.25, 0.3) is 11.1 Å². The first-order valence-corrected chi connectivity index (χ1v) is 10.3. The highest BCUT2D eigenvalue weighted by atomic mass is 35.5. The van der Waals surface area contributed by atoms with E-state index in [2.05, 4.69) is 36.4 Å². The van der Waals surface area contributed by atoms with Gasteiger partial charge < -0.3 is 9.64 Å². The Balaban J connectivity index is 1.37. The van der Waals surface area contributed by atoms with Crippen LogP contribution in [0.2, 0.25) is 5.02 Å². The Bertz CT molecular complexity index is 999. The Morgan fingerprint density at radius 1 is 1.03 bits per heavy atom. The molecule has 29 heavy (non-hydrogen) atoms. The van der Waals surface area contributed by atoms with Gasteiger partial charge in [0.1, 0.15) is 5.75 Å². The highest BCUT2D eigenvalue weighted by molar-refractivity contribution is 6.32. The minimum Gasteiger partial charge on any atom is -0.489 e. The van der Waals surface area contributed by atoms with E-state index in [1.54, 1.807) is 18.2 Å². The number of carbonyl (C=O) groups excluding carboxylic acids is 1. The van der Waals surface area contributed by atoms with Crippen LogP contribution < -0.4 is 4.74 Å². The van der Waals surface area contributed by atoms with Crippen LogP contribution in [-0.2, 0) is 6.42 Å². The Morgan fingerprint density at radius 2 is 1.72 bits per heavy atom. The molecule has 4 rings (SSSR count). The van der Waals surface area contributed by atoms with E-state index in [1.165, 1.54) is 16.7 Å². The smallest absolute Gasteiger partial charge is 0.254 e. The second-order valence-electron chi connectivity index (χ2n) is 7.69. The Labute approximate surface area is 176 Å². The number of carbonyl (C=O) groups is 1. The molecule has 1 saturated heterocycles. The van der Waals surface area contributed by atoms with Gasteiger partial charge in [-0.15, -0.1) is 0 Å².